The number of anilines is 3. The smallest absolute Gasteiger partial charge is 0.275 e. The minimum atomic E-state index is -3.23. The summed E-state index contributed by atoms with van der Waals surface area (Å²) in [5, 5.41) is 13.6. The quantitative estimate of drug-likeness (QED) is 0.372. The van der Waals surface area contributed by atoms with Crippen LogP contribution in [0.25, 0.3) is 10.8 Å². The molecule has 0 fully saturated rings. The molecule has 1 aliphatic rings. The number of fused-ring (bicyclic) bond motifs is 2. The van der Waals surface area contributed by atoms with Crippen LogP contribution in [0.2, 0.25) is 0 Å². The highest BCUT2D eigenvalue weighted by Crippen LogP contribution is 2.47. The molecule has 0 bridgehead atoms. The van der Waals surface area contributed by atoms with Crippen LogP contribution in [-0.4, -0.2) is 22.8 Å². The lowest BCUT2D eigenvalue weighted by Crippen LogP contribution is -2.40. The van der Waals surface area contributed by atoms with Crippen LogP contribution in [0, 0.1) is 12.7 Å². The van der Waals surface area contributed by atoms with E-state index in [4.69, 9.17) is 0 Å². The Balaban J connectivity index is 0.00000186. The highest BCUT2D eigenvalue weighted by Gasteiger charge is 2.36. The number of alkyl halides is 2. The van der Waals surface area contributed by atoms with E-state index in [1.54, 1.807) is 6.92 Å². The monoisotopic (exact) mass is 513 g/mol. The molecule has 3 aromatic rings. The van der Waals surface area contributed by atoms with Crippen LogP contribution < -0.4 is 15.1 Å². The van der Waals surface area contributed by atoms with Gasteiger partial charge in [-0.25, -0.2) is 13.2 Å². The molecule has 37 heavy (non-hydrogen) atoms. The van der Waals surface area contributed by atoms with E-state index in [1.165, 1.54) is 19.1 Å². The normalized spacial score (nSPS) is 14.4. The molecular formula is C29H38F3N5. The molecule has 1 aliphatic heterocycles. The number of nitrogens with zero attached hydrogens (tertiary/aromatic N) is 4. The molecule has 2 heterocycles. The van der Waals surface area contributed by atoms with Gasteiger partial charge >= 0.3 is 0 Å². The van der Waals surface area contributed by atoms with Gasteiger partial charge in [-0.1, -0.05) is 45.5 Å². The van der Waals surface area contributed by atoms with Crippen LogP contribution in [0.4, 0.5) is 30.4 Å². The average Bonchev–Trinajstić information content (AvgIpc) is 3.10. The first-order chi connectivity index (χ1) is 17.3. The molecule has 1 atom stereocenters. The SMILES string of the molecule is C=C1N(C)c2cc3c(C)nnc(NC(C)c4cccc(C(F)(F)CC)c4F)c3cc2N1C(C)(C)C.CC. The summed E-state index contributed by atoms with van der Waals surface area (Å²) >= 11 is 0. The third-order valence-corrected chi connectivity index (χ3v) is 6.66. The fourth-order valence-corrected chi connectivity index (χ4v) is 4.68. The average molecular weight is 514 g/mol. The molecule has 4 rings (SSSR count). The maximum absolute atomic E-state index is 15.2. The summed E-state index contributed by atoms with van der Waals surface area (Å²) in [6, 6.07) is 7.61. The zero-order chi connectivity index (χ0) is 27.9. The molecule has 1 unspecified atom stereocenters. The number of aryl methyl sites for hydroxylation is 1. The summed E-state index contributed by atoms with van der Waals surface area (Å²) in [5.41, 5.74) is 2.09. The number of aromatic nitrogens is 2. The van der Waals surface area contributed by atoms with Crippen molar-refractivity contribution in [1.29, 1.82) is 0 Å². The molecule has 0 saturated heterocycles. The first kappa shape index (κ1) is 28.3. The maximum atomic E-state index is 15.2. The molecule has 1 N–H and O–H groups in total. The highest BCUT2D eigenvalue weighted by molar-refractivity contribution is 6.02. The van der Waals surface area contributed by atoms with Gasteiger partial charge in [-0.15, -0.1) is 5.10 Å². The number of hydrogen-bond donors (Lipinski definition) is 1. The third-order valence-electron chi connectivity index (χ3n) is 6.66. The molecule has 0 amide bonds. The molecule has 200 valence electrons. The van der Waals surface area contributed by atoms with Gasteiger partial charge in [-0.3, -0.25) is 0 Å². The van der Waals surface area contributed by atoms with Crippen molar-refractivity contribution in [1.82, 2.24) is 10.2 Å². The van der Waals surface area contributed by atoms with Crippen LogP contribution in [-0.2, 0) is 5.92 Å². The van der Waals surface area contributed by atoms with Crippen LogP contribution >= 0.6 is 0 Å². The van der Waals surface area contributed by atoms with E-state index in [-0.39, 0.29) is 11.1 Å². The van der Waals surface area contributed by atoms with Crippen molar-refractivity contribution in [2.24, 2.45) is 0 Å². The van der Waals surface area contributed by atoms with Gasteiger partial charge in [0.15, 0.2) is 5.82 Å². The minimum Gasteiger partial charge on any atom is -0.361 e. The number of benzene rings is 2. The lowest BCUT2D eigenvalue weighted by molar-refractivity contribution is -0.0119. The molecule has 8 heteroatoms. The van der Waals surface area contributed by atoms with Crippen LogP contribution in [0.5, 0.6) is 0 Å². The lowest BCUT2D eigenvalue weighted by atomic mass is 9.98. The molecule has 1 aromatic heterocycles. The van der Waals surface area contributed by atoms with Crippen LogP contribution in [0.3, 0.4) is 0 Å². The fraction of sp³-hybridized carbons (Fsp3) is 0.448. The van der Waals surface area contributed by atoms with E-state index in [2.05, 4.69) is 53.8 Å². The molecule has 5 nitrogen and oxygen atoms in total. The summed E-state index contributed by atoms with van der Waals surface area (Å²) in [6.07, 6.45) is -0.474. The minimum absolute atomic E-state index is 0.150. The number of nitrogens with one attached hydrogen (secondary N) is 1. The number of hydrogen-bond acceptors (Lipinski definition) is 5. The van der Waals surface area contributed by atoms with Crippen molar-refractivity contribution < 1.29 is 13.2 Å². The Morgan fingerprint density at radius 1 is 1.05 bits per heavy atom. The van der Waals surface area contributed by atoms with E-state index in [9.17, 15) is 8.78 Å². The van der Waals surface area contributed by atoms with Gasteiger partial charge in [0.2, 0.25) is 0 Å². The first-order valence-corrected chi connectivity index (χ1v) is 12.7. The van der Waals surface area contributed by atoms with Gasteiger partial charge in [-0.05, 0) is 46.8 Å². The van der Waals surface area contributed by atoms with E-state index in [0.29, 0.717) is 5.82 Å². The van der Waals surface area contributed by atoms with Gasteiger partial charge in [0.05, 0.1) is 28.7 Å². The topological polar surface area (TPSA) is 44.3 Å². The summed E-state index contributed by atoms with van der Waals surface area (Å²) in [7, 11) is 1.98. The van der Waals surface area contributed by atoms with Crippen molar-refractivity contribution in [3.63, 3.8) is 0 Å². The summed E-state index contributed by atoms with van der Waals surface area (Å²) < 4.78 is 43.7. The second kappa shape index (κ2) is 10.2. The fourth-order valence-electron chi connectivity index (χ4n) is 4.68. The van der Waals surface area contributed by atoms with Crippen molar-refractivity contribution in [3.05, 3.63) is 65.4 Å². The Morgan fingerprint density at radius 3 is 2.27 bits per heavy atom. The maximum Gasteiger partial charge on any atom is 0.275 e. The van der Waals surface area contributed by atoms with E-state index >= 15 is 4.39 Å². The predicted octanol–water partition coefficient (Wildman–Crippen LogP) is 8.30. The first-order valence-electron chi connectivity index (χ1n) is 12.7. The summed E-state index contributed by atoms with van der Waals surface area (Å²) in [6.45, 7) is 19.6. The standard InChI is InChI=1S/C27H32F3N5.C2H6/c1-9-27(29,30)21-12-10-11-18(24(21)28)15(2)31-25-20-14-23-22(13-19(20)16(3)32-33-25)34(8)17(4)35(23)26(5,6)7;1-2/h10-15H,4,9H2,1-3,5-8H3,(H,31,33);1-2H3. The molecule has 0 radical (unpaired) electrons. The van der Waals surface area contributed by atoms with Gasteiger partial charge in [0.25, 0.3) is 5.92 Å². The van der Waals surface area contributed by atoms with E-state index in [0.717, 1.165) is 39.7 Å². The number of halogens is 3. The Morgan fingerprint density at radius 2 is 1.68 bits per heavy atom. The lowest BCUT2D eigenvalue weighted by Gasteiger charge is -2.35. The van der Waals surface area contributed by atoms with Crippen molar-refractivity contribution in [3.8, 4) is 0 Å². The van der Waals surface area contributed by atoms with Crippen LogP contribution in [0.1, 0.15) is 77.7 Å². The van der Waals surface area contributed by atoms with E-state index in [1.807, 2.05) is 38.8 Å². The molecule has 2 aromatic carbocycles. The molecule has 0 aliphatic carbocycles. The van der Waals surface area contributed by atoms with Gasteiger partial charge in [-0.2, -0.15) is 5.10 Å². The van der Waals surface area contributed by atoms with Gasteiger partial charge < -0.3 is 15.1 Å². The van der Waals surface area contributed by atoms with Crippen LogP contribution in [0.15, 0.2) is 42.7 Å². The second-order valence-corrected chi connectivity index (χ2v) is 10.1. The predicted molar refractivity (Wildman–Crippen MR) is 148 cm³/mol. The molecule has 0 spiro atoms. The summed E-state index contributed by atoms with van der Waals surface area (Å²) in [5.74, 6) is -2.81. The van der Waals surface area contributed by atoms with E-state index < -0.39 is 29.8 Å². The highest BCUT2D eigenvalue weighted by atomic mass is 19.3. The zero-order valence-corrected chi connectivity index (χ0v) is 23.3. The Labute approximate surface area is 218 Å². The largest absolute Gasteiger partial charge is 0.361 e. The second-order valence-electron chi connectivity index (χ2n) is 10.1. The Kier molecular flexibility index (Phi) is 7.82. The van der Waals surface area contributed by atoms with Crippen molar-refractivity contribution >= 4 is 28.0 Å². The molecular weight excluding hydrogens is 475 g/mol. The van der Waals surface area contributed by atoms with Gasteiger partial charge in [0, 0.05) is 35.3 Å². The zero-order valence-electron chi connectivity index (χ0n) is 23.3. The Hall–Kier alpha value is -3.29. The van der Waals surface area contributed by atoms with Crippen molar-refractivity contribution in [2.45, 2.75) is 79.3 Å². The molecule has 0 saturated carbocycles. The number of rotatable bonds is 5. The Bertz CT molecular complexity index is 1310. The van der Waals surface area contributed by atoms with Gasteiger partial charge in [0.1, 0.15) is 11.6 Å². The summed E-state index contributed by atoms with van der Waals surface area (Å²) in [4.78, 5) is 4.21. The van der Waals surface area contributed by atoms with Crippen molar-refractivity contribution in [2.75, 3.05) is 22.2 Å². The third kappa shape index (κ3) is 4.98.